The molecule has 43 heavy (non-hydrogen) atoms. The zero-order valence-corrected chi connectivity index (χ0v) is 24.5. The lowest BCUT2D eigenvalue weighted by Crippen LogP contribution is -2.30. The van der Waals surface area contributed by atoms with Gasteiger partial charge < -0.3 is 26.6 Å². The Hall–Kier alpha value is -5.35. The highest BCUT2D eigenvalue weighted by Gasteiger charge is 2.16. The van der Waals surface area contributed by atoms with Crippen LogP contribution >= 0.6 is 11.8 Å². The minimum atomic E-state index is -0.633. The van der Waals surface area contributed by atoms with Crippen LogP contribution in [0.4, 0.5) is 17.1 Å². The van der Waals surface area contributed by atoms with Crippen molar-refractivity contribution < 1.29 is 19.2 Å². The van der Waals surface area contributed by atoms with E-state index in [-0.39, 0.29) is 22.9 Å². The summed E-state index contributed by atoms with van der Waals surface area (Å²) in [4.78, 5) is 53.2. The SMILES string of the molecule is CN(C)c1ccc(/C=C(/NC(=O)c2ccccc2)C(=O)Nc2cccc(SCC(=O)Nc3ccccc3C(N)=O)c2)cc1. The molecule has 0 spiro atoms. The molecule has 9 nitrogen and oxygen atoms in total. The van der Waals surface area contributed by atoms with Crippen LogP contribution in [0.15, 0.2) is 114 Å². The van der Waals surface area contributed by atoms with E-state index in [9.17, 15) is 19.2 Å². The van der Waals surface area contributed by atoms with E-state index in [0.29, 0.717) is 16.9 Å². The van der Waals surface area contributed by atoms with Crippen LogP contribution in [-0.4, -0.2) is 43.5 Å². The van der Waals surface area contributed by atoms with E-state index in [1.165, 1.54) is 11.8 Å². The monoisotopic (exact) mass is 593 g/mol. The van der Waals surface area contributed by atoms with E-state index in [1.807, 2.05) is 49.3 Å². The van der Waals surface area contributed by atoms with Crippen LogP contribution in [0, 0.1) is 0 Å². The number of hydrogen-bond acceptors (Lipinski definition) is 6. The molecule has 0 fully saturated rings. The van der Waals surface area contributed by atoms with Crippen LogP contribution in [0.1, 0.15) is 26.3 Å². The van der Waals surface area contributed by atoms with Gasteiger partial charge in [-0.1, -0.05) is 48.5 Å². The molecule has 0 unspecified atom stereocenters. The second kappa shape index (κ2) is 14.5. The number of primary amides is 1. The van der Waals surface area contributed by atoms with Gasteiger partial charge in [0.2, 0.25) is 5.91 Å². The van der Waals surface area contributed by atoms with Gasteiger partial charge in [0, 0.05) is 35.9 Å². The van der Waals surface area contributed by atoms with Crippen LogP contribution in [0.25, 0.3) is 6.08 Å². The summed E-state index contributed by atoms with van der Waals surface area (Å²) in [7, 11) is 3.87. The molecule has 0 aromatic heterocycles. The number of carbonyl (C=O) groups is 4. The topological polar surface area (TPSA) is 134 Å². The fraction of sp³-hybridized carbons (Fsp3) is 0.0909. The first-order valence-corrected chi connectivity index (χ1v) is 14.3. The van der Waals surface area contributed by atoms with Gasteiger partial charge in [0.1, 0.15) is 5.70 Å². The summed E-state index contributed by atoms with van der Waals surface area (Å²) >= 11 is 1.26. The number of amides is 4. The first-order valence-electron chi connectivity index (χ1n) is 13.3. The Kier molecular flexibility index (Phi) is 10.3. The molecule has 4 aromatic rings. The van der Waals surface area contributed by atoms with Crippen LogP contribution in [0.3, 0.4) is 0 Å². The standard InChI is InChI=1S/C33H31N5O4S/c1-38(2)25-17-15-22(16-18-25)19-29(37-32(41)23-9-4-3-5-10-23)33(42)35-24-11-8-12-26(20-24)43-21-30(39)36-28-14-7-6-13-27(28)31(34)40/h3-20H,21H2,1-2H3,(H2,34,40)(H,35,42)(H,36,39)(H,37,41)/b29-19+. The number of nitrogens with zero attached hydrogens (tertiary/aromatic N) is 1. The fourth-order valence-electron chi connectivity index (χ4n) is 3.98. The third-order valence-electron chi connectivity index (χ3n) is 6.18. The third-order valence-corrected chi connectivity index (χ3v) is 7.17. The van der Waals surface area contributed by atoms with Crippen molar-refractivity contribution in [2.45, 2.75) is 4.90 Å². The maximum Gasteiger partial charge on any atom is 0.272 e. The Morgan fingerprint density at radius 3 is 2.21 bits per heavy atom. The van der Waals surface area contributed by atoms with E-state index < -0.39 is 17.7 Å². The van der Waals surface area contributed by atoms with Crippen LogP contribution in [0.2, 0.25) is 0 Å². The molecule has 0 aliphatic rings. The Labute approximate surface area is 254 Å². The van der Waals surface area contributed by atoms with Gasteiger partial charge in [0.15, 0.2) is 0 Å². The zero-order chi connectivity index (χ0) is 30.8. The smallest absolute Gasteiger partial charge is 0.272 e. The molecule has 218 valence electrons. The maximum absolute atomic E-state index is 13.4. The lowest BCUT2D eigenvalue weighted by atomic mass is 10.1. The van der Waals surface area contributed by atoms with Crippen molar-refractivity contribution in [2.24, 2.45) is 5.73 Å². The van der Waals surface area contributed by atoms with Crippen LogP contribution in [-0.2, 0) is 9.59 Å². The van der Waals surface area contributed by atoms with Gasteiger partial charge in [-0.2, -0.15) is 0 Å². The van der Waals surface area contributed by atoms with Gasteiger partial charge in [-0.15, -0.1) is 11.8 Å². The first-order chi connectivity index (χ1) is 20.7. The van der Waals surface area contributed by atoms with Crippen molar-refractivity contribution in [3.63, 3.8) is 0 Å². The molecule has 0 radical (unpaired) electrons. The van der Waals surface area contributed by atoms with Crippen molar-refractivity contribution in [2.75, 3.05) is 35.4 Å². The Bertz CT molecular complexity index is 1650. The number of nitrogens with one attached hydrogen (secondary N) is 3. The molecule has 0 aliphatic heterocycles. The number of nitrogens with two attached hydrogens (primary N) is 1. The lowest BCUT2D eigenvalue weighted by Gasteiger charge is -2.14. The van der Waals surface area contributed by atoms with Crippen molar-refractivity contribution in [3.05, 3.63) is 126 Å². The van der Waals surface area contributed by atoms with E-state index in [4.69, 9.17) is 5.73 Å². The second-order valence-corrected chi connectivity index (χ2v) is 10.6. The molecule has 0 saturated heterocycles. The van der Waals surface area contributed by atoms with Crippen molar-refractivity contribution in [1.82, 2.24) is 5.32 Å². The van der Waals surface area contributed by atoms with Gasteiger partial charge >= 0.3 is 0 Å². The number of rotatable bonds is 11. The quantitative estimate of drug-likeness (QED) is 0.143. The molecule has 10 heteroatoms. The normalized spacial score (nSPS) is 10.9. The van der Waals surface area contributed by atoms with Crippen LogP contribution < -0.4 is 26.6 Å². The molecule has 4 amide bonds. The van der Waals surface area contributed by atoms with E-state index in [1.54, 1.807) is 78.9 Å². The Morgan fingerprint density at radius 1 is 0.814 bits per heavy atom. The van der Waals surface area contributed by atoms with Gasteiger partial charge in [-0.05, 0) is 66.2 Å². The number of benzene rings is 4. The predicted molar refractivity (Wildman–Crippen MR) is 172 cm³/mol. The summed E-state index contributed by atoms with van der Waals surface area (Å²) in [6.07, 6.45) is 1.61. The molecule has 0 saturated carbocycles. The summed E-state index contributed by atoms with van der Waals surface area (Å²) in [6, 6.07) is 29.7. The number of hydrogen-bond donors (Lipinski definition) is 4. The average Bonchev–Trinajstić information content (AvgIpc) is 3.00. The highest BCUT2D eigenvalue weighted by Crippen LogP contribution is 2.23. The second-order valence-electron chi connectivity index (χ2n) is 9.59. The van der Waals surface area contributed by atoms with E-state index in [0.717, 1.165) is 16.1 Å². The Morgan fingerprint density at radius 2 is 1.51 bits per heavy atom. The fourth-order valence-corrected chi connectivity index (χ4v) is 4.74. The molecule has 4 rings (SSSR count). The van der Waals surface area contributed by atoms with Crippen molar-refractivity contribution in [1.29, 1.82) is 0 Å². The van der Waals surface area contributed by atoms with Crippen LogP contribution in [0.5, 0.6) is 0 Å². The number of para-hydroxylation sites is 1. The minimum absolute atomic E-state index is 0.0612. The lowest BCUT2D eigenvalue weighted by molar-refractivity contribution is -0.114. The summed E-state index contributed by atoms with van der Waals surface area (Å²) in [6.45, 7) is 0. The highest BCUT2D eigenvalue weighted by molar-refractivity contribution is 8.00. The molecule has 0 heterocycles. The van der Waals surface area contributed by atoms with Gasteiger partial charge in [-0.25, -0.2) is 0 Å². The summed E-state index contributed by atoms with van der Waals surface area (Å²) in [5, 5.41) is 8.29. The molecule has 5 N–H and O–H groups in total. The first kappa shape index (κ1) is 30.6. The number of anilines is 3. The Balaban J connectivity index is 1.47. The largest absolute Gasteiger partial charge is 0.378 e. The summed E-state index contributed by atoms with van der Waals surface area (Å²) < 4.78 is 0. The summed E-state index contributed by atoms with van der Waals surface area (Å²) in [5.74, 6) is -1.82. The maximum atomic E-state index is 13.4. The highest BCUT2D eigenvalue weighted by atomic mass is 32.2. The van der Waals surface area contributed by atoms with Gasteiger partial charge in [0.25, 0.3) is 17.7 Å². The predicted octanol–water partition coefficient (Wildman–Crippen LogP) is 4.99. The number of carbonyl (C=O) groups excluding carboxylic acids is 4. The molecule has 0 bridgehead atoms. The van der Waals surface area contributed by atoms with Gasteiger partial charge in [-0.3, -0.25) is 19.2 Å². The summed E-state index contributed by atoms with van der Waals surface area (Å²) in [5.41, 5.74) is 8.65. The molecule has 0 atom stereocenters. The zero-order valence-electron chi connectivity index (χ0n) is 23.7. The average molecular weight is 594 g/mol. The molecule has 0 aliphatic carbocycles. The van der Waals surface area contributed by atoms with Gasteiger partial charge in [0.05, 0.1) is 17.0 Å². The molecular weight excluding hydrogens is 562 g/mol. The third kappa shape index (κ3) is 8.82. The van der Waals surface area contributed by atoms with E-state index in [2.05, 4.69) is 16.0 Å². The number of thioether (sulfide) groups is 1. The molecule has 4 aromatic carbocycles. The van der Waals surface area contributed by atoms with E-state index >= 15 is 0 Å². The molecular formula is C33H31N5O4S. The van der Waals surface area contributed by atoms with Crippen molar-refractivity contribution >= 4 is 58.5 Å². The van der Waals surface area contributed by atoms with Crippen molar-refractivity contribution in [3.8, 4) is 0 Å². The minimum Gasteiger partial charge on any atom is -0.378 e.